The number of hydrogen-bond donors (Lipinski definition) is 0. The summed E-state index contributed by atoms with van der Waals surface area (Å²) >= 11 is 1.65. The van der Waals surface area contributed by atoms with Gasteiger partial charge in [-0.1, -0.05) is 6.07 Å². The summed E-state index contributed by atoms with van der Waals surface area (Å²) in [6, 6.07) is 7.67. The number of carbonyl (C=O) groups is 1. The van der Waals surface area contributed by atoms with Gasteiger partial charge in [-0.15, -0.1) is 11.3 Å². The van der Waals surface area contributed by atoms with Crippen LogP contribution in [0, 0.1) is 0 Å². The first-order chi connectivity index (χ1) is 14.1. The summed E-state index contributed by atoms with van der Waals surface area (Å²) in [6.07, 6.45) is 5.50. The van der Waals surface area contributed by atoms with Gasteiger partial charge < -0.3 is 23.8 Å². The molecule has 1 saturated heterocycles. The van der Waals surface area contributed by atoms with Crippen LogP contribution in [0.4, 0.5) is 0 Å². The maximum absolute atomic E-state index is 13.0. The summed E-state index contributed by atoms with van der Waals surface area (Å²) in [4.78, 5) is 16.0. The van der Waals surface area contributed by atoms with Gasteiger partial charge in [-0.3, -0.25) is 4.79 Å². The molecule has 0 unspecified atom stereocenters. The molecule has 0 aliphatic carbocycles. The molecular weight excluding hydrogens is 390 g/mol. The fourth-order valence-corrected chi connectivity index (χ4v) is 4.05. The Balaban J connectivity index is 1.77. The summed E-state index contributed by atoms with van der Waals surface area (Å²) in [5.74, 6) is 1.57. The first-order valence-corrected chi connectivity index (χ1v) is 10.4. The number of methoxy groups -OCH3 is 3. The van der Waals surface area contributed by atoms with Crippen molar-refractivity contribution in [2.24, 2.45) is 0 Å². The highest BCUT2D eigenvalue weighted by Gasteiger charge is 2.22. The fraction of sp³-hybridized carbons (Fsp3) is 0.409. The quantitative estimate of drug-likeness (QED) is 0.578. The molecule has 6 nitrogen and oxygen atoms in total. The number of ether oxygens (including phenoxy) is 4. The van der Waals surface area contributed by atoms with E-state index >= 15 is 0 Å². The number of hydrogen-bond acceptors (Lipinski definition) is 6. The van der Waals surface area contributed by atoms with E-state index in [4.69, 9.17) is 18.9 Å². The number of nitrogens with zero attached hydrogens (tertiary/aromatic N) is 1. The Hall–Kier alpha value is -2.51. The SMILES string of the molecule is COc1cc(/C=C/C(=O)N(Cc2cccs2)C[C@@H]2CCCO2)cc(OC)c1OC. The average molecular weight is 418 g/mol. The van der Waals surface area contributed by atoms with Crippen LogP contribution in [-0.4, -0.2) is 51.4 Å². The number of carbonyl (C=O) groups excluding carboxylic acids is 1. The van der Waals surface area contributed by atoms with Gasteiger partial charge in [0.05, 0.1) is 34.0 Å². The number of benzene rings is 1. The van der Waals surface area contributed by atoms with Gasteiger partial charge in [-0.25, -0.2) is 0 Å². The van der Waals surface area contributed by atoms with Crippen molar-refractivity contribution in [1.82, 2.24) is 4.90 Å². The van der Waals surface area contributed by atoms with Crippen molar-refractivity contribution < 1.29 is 23.7 Å². The predicted octanol–water partition coefficient (Wildman–Crippen LogP) is 3.99. The molecular formula is C22H27NO5S. The zero-order valence-corrected chi connectivity index (χ0v) is 17.9. The monoisotopic (exact) mass is 417 g/mol. The lowest BCUT2D eigenvalue weighted by atomic mass is 10.1. The molecule has 0 bridgehead atoms. The van der Waals surface area contributed by atoms with Gasteiger partial charge in [0.25, 0.3) is 0 Å². The van der Waals surface area contributed by atoms with Crippen LogP contribution in [0.25, 0.3) is 6.08 Å². The van der Waals surface area contributed by atoms with Crippen molar-refractivity contribution in [3.63, 3.8) is 0 Å². The third kappa shape index (κ3) is 5.52. The standard InChI is InChI=1S/C22H27NO5S/c1-25-19-12-16(13-20(26-2)22(19)27-3)8-9-21(24)23(14-17-6-4-10-28-17)15-18-7-5-11-29-18/h5,7-9,11-13,17H,4,6,10,14-15H2,1-3H3/b9-8+/t17-/m0/s1. The Morgan fingerprint density at radius 3 is 2.55 bits per heavy atom. The molecule has 1 aromatic heterocycles. The summed E-state index contributed by atoms with van der Waals surface area (Å²) in [7, 11) is 4.70. The predicted molar refractivity (Wildman–Crippen MR) is 114 cm³/mol. The van der Waals surface area contributed by atoms with E-state index in [0.717, 1.165) is 29.9 Å². The molecule has 1 fully saturated rings. The van der Waals surface area contributed by atoms with Crippen LogP contribution in [0.5, 0.6) is 17.2 Å². The van der Waals surface area contributed by atoms with Crippen LogP contribution in [0.15, 0.2) is 35.7 Å². The molecule has 0 saturated carbocycles. The van der Waals surface area contributed by atoms with Crippen LogP contribution in [0.2, 0.25) is 0 Å². The first-order valence-electron chi connectivity index (χ1n) is 9.55. The zero-order valence-electron chi connectivity index (χ0n) is 17.1. The molecule has 1 atom stereocenters. The second kappa shape index (κ2) is 10.3. The number of rotatable bonds is 9. The molecule has 2 heterocycles. The minimum Gasteiger partial charge on any atom is -0.493 e. The summed E-state index contributed by atoms with van der Waals surface area (Å²) in [5, 5.41) is 2.02. The van der Waals surface area contributed by atoms with Gasteiger partial charge in [0, 0.05) is 24.1 Å². The van der Waals surface area contributed by atoms with Gasteiger partial charge in [-0.05, 0) is 48.1 Å². The Morgan fingerprint density at radius 1 is 1.24 bits per heavy atom. The second-order valence-corrected chi connectivity index (χ2v) is 7.76. The zero-order chi connectivity index (χ0) is 20.6. The van der Waals surface area contributed by atoms with Crippen LogP contribution in [0.3, 0.4) is 0 Å². The highest BCUT2D eigenvalue weighted by Crippen LogP contribution is 2.38. The average Bonchev–Trinajstić information content (AvgIpc) is 3.44. The lowest BCUT2D eigenvalue weighted by Crippen LogP contribution is -2.35. The summed E-state index contributed by atoms with van der Waals surface area (Å²) < 4.78 is 21.9. The smallest absolute Gasteiger partial charge is 0.246 e. The van der Waals surface area contributed by atoms with Crippen molar-refractivity contribution >= 4 is 23.3 Å². The van der Waals surface area contributed by atoms with Crippen LogP contribution >= 0.6 is 11.3 Å². The molecule has 156 valence electrons. The molecule has 2 aromatic rings. The van der Waals surface area contributed by atoms with Crippen molar-refractivity contribution in [1.29, 1.82) is 0 Å². The molecule has 0 N–H and O–H groups in total. The van der Waals surface area contributed by atoms with Gasteiger partial charge in [0.2, 0.25) is 11.7 Å². The van der Waals surface area contributed by atoms with E-state index in [2.05, 4.69) is 0 Å². The molecule has 0 spiro atoms. The fourth-order valence-electron chi connectivity index (χ4n) is 3.33. The Kier molecular flexibility index (Phi) is 7.55. The molecule has 0 radical (unpaired) electrons. The number of amides is 1. The molecule has 1 amide bonds. The van der Waals surface area contributed by atoms with E-state index in [1.54, 1.807) is 44.8 Å². The minimum atomic E-state index is -0.0531. The second-order valence-electron chi connectivity index (χ2n) is 6.73. The van der Waals surface area contributed by atoms with E-state index in [1.165, 1.54) is 0 Å². The summed E-state index contributed by atoms with van der Waals surface area (Å²) in [5.41, 5.74) is 0.793. The van der Waals surface area contributed by atoms with Crippen molar-refractivity contribution in [3.8, 4) is 17.2 Å². The third-order valence-electron chi connectivity index (χ3n) is 4.79. The maximum atomic E-state index is 13.0. The van der Waals surface area contributed by atoms with Crippen molar-refractivity contribution in [2.45, 2.75) is 25.5 Å². The van der Waals surface area contributed by atoms with Crippen LogP contribution < -0.4 is 14.2 Å². The van der Waals surface area contributed by atoms with E-state index in [0.29, 0.717) is 30.3 Å². The molecule has 3 rings (SSSR count). The Labute approximate surface area is 175 Å². The molecule has 1 aliphatic heterocycles. The Bertz CT molecular complexity index is 803. The lowest BCUT2D eigenvalue weighted by molar-refractivity contribution is -0.128. The van der Waals surface area contributed by atoms with E-state index < -0.39 is 0 Å². The maximum Gasteiger partial charge on any atom is 0.246 e. The first kappa shape index (κ1) is 21.2. The minimum absolute atomic E-state index is 0.0531. The largest absolute Gasteiger partial charge is 0.493 e. The van der Waals surface area contributed by atoms with Crippen molar-refractivity contribution in [2.75, 3.05) is 34.5 Å². The topological polar surface area (TPSA) is 57.2 Å². The highest BCUT2D eigenvalue weighted by atomic mass is 32.1. The Morgan fingerprint density at radius 2 is 2.00 bits per heavy atom. The third-order valence-corrected chi connectivity index (χ3v) is 5.65. The van der Waals surface area contributed by atoms with E-state index in [1.807, 2.05) is 34.5 Å². The van der Waals surface area contributed by atoms with Gasteiger partial charge >= 0.3 is 0 Å². The van der Waals surface area contributed by atoms with Gasteiger partial charge in [0.1, 0.15) is 0 Å². The normalized spacial score (nSPS) is 16.2. The lowest BCUT2D eigenvalue weighted by Gasteiger charge is -2.24. The van der Waals surface area contributed by atoms with Crippen molar-refractivity contribution in [3.05, 3.63) is 46.2 Å². The molecule has 29 heavy (non-hydrogen) atoms. The summed E-state index contributed by atoms with van der Waals surface area (Å²) in [6.45, 7) is 1.94. The number of thiophene rings is 1. The van der Waals surface area contributed by atoms with Gasteiger partial charge in [-0.2, -0.15) is 0 Å². The van der Waals surface area contributed by atoms with Crippen LogP contribution in [-0.2, 0) is 16.1 Å². The van der Waals surface area contributed by atoms with Crippen LogP contribution in [0.1, 0.15) is 23.3 Å². The van der Waals surface area contributed by atoms with E-state index in [-0.39, 0.29) is 12.0 Å². The van der Waals surface area contributed by atoms with Gasteiger partial charge in [0.15, 0.2) is 11.5 Å². The highest BCUT2D eigenvalue weighted by molar-refractivity contribution is 7.09. The van der Waals surface area contributed by atoms with E-state index in [9.17, 15) is 4.79 Å². The molecule has 1 aliphatic rings. The molecule has 1 aromatic carbocycles. The molecule has 7 heteroatoms.